The summed E-state index contributed by atoms with van der Waals surface area (Å²) in [5, 5.41) is 3.65. The van der Waals surface area contributed by atoms with Crippen LogP contribution in [0.5, 0.6) is 0 Å². The molecule has 6 heteroatoms. The Morgan fingerprint density at radius 3 is 2.80 bits per heavy atom. The second kappa shape index (κ2) is 4.01. The number of urea groups is 1. The number of rotatable bonds is 1. The van der Waals surface area contributed by atoms with Crippen LogP contribution in [0.1, 0.15) is 0 Å². The highest BCUT2D eigenvalue weighted by Gasteiger charge is 2.50. The maximum Gasteiger partial charge on any atom is 0.337 e. The Labute approximate surface area is 118 Å². The molecule has 1 saturated heterocycles. The van der Waals surface area contributed by atoms with Crippen LogP contribution in [0.2, 0.25) is 0 Å². The number of benzene rings is 1. The molecule has 1 N–H and O–H groups in total. The van der Waals surface area contributed by atoms with Gasteiger partial charge in [0.2, 0.25) is 5.69 Å². The van der Waals surface area contributed by atoms with Crippen LogP contribution in [0.25, 0.3) is 0 Å². The van der Waals surface area contributed by atoms with Gasteiger partial charge in [-0.1, -0.05) is 12.1 Å². The van der Waals surface area contributed by atoms with Crippen molar-refractivity contribution in [1.29, 1.82) is 0 Å². The lowest BCUT2D eigenvalue weighted by molar-refractivity contribution is -0.350. The molecule has 5 nitrogen and oxygen atoms in total. The zero-order chi connectivity index (χ0) is 13.7. The lowest BCUT2D eigenvalue weighted by Gasteiger charge is -2.20. The zero-order valence-electron chi connectivity index (χ0n) is 10.3. The van der Waals surface area contributed by atoms with Gasteiger partial charge < -0.3 is 0 Å². The van der Waals surface area contributed by atoms with Gasteiger partial charge in [-0.3, -0.25) is 9.69 Å². The fraction of sp³-hybridized carbons (Fsp3) is 0.0714. The minimum Gasteiger partial charge on any atom is -0.271 e. The van der Waals surface area contributed by atoms with Crippen molar-refractivity contribution in [2.24, 2.45) is 0 Å². The summed E-state index contributed by atoms with van der Waals surface area (Å²) in [5.41, 5.74) is 2.19. The van der Waals surface area contributed by atoms with Crippen molar-refractivity contribution in [3.8, 4) is 0 Å². The first-order chi connectivity index (χ1) is 9.77. The number of fused-ring (bicyclic) bond motifs is 3. The Morgan fingerprint density at radius 1 is 1.15 bits per heavy atom. The van der Waals surface area contributed by atoms with Crippen molar-refractivity contribution in [2.45, 2.75) is 6.04 Å². The number of carbonyl (C=O) groups excluding carboxylic acids is 2. The zero-order valence-corrected chi connectivity index (χ0v) is 11.1. The van der Waals surface area contributed by atoms with E-state index in [0.29, 0.717) is 5.69 Å². The van der Waals surface area contributed by atoms with E-state index in [-0.39, 0.29) is 11.9 Å². The fourth-order valence-corrected chi connectivity index (χ4v) is 3.18. The highest BCUT2D eigenvalue weighted by molar-refractivity contribution is 7.08. The SMILES string of the molecule is O=C1C2C=[NH+]c3ccccc3N2C(=O)N1c1ccsc1. The number of amides is 3. The van der Waals surface area contributed by atoms with Crippen LogP contribution >= 0.6 is 11.3 Å². The molecular weight excluding hydrogens is 274 g/mol. The molecule has 2 aromatic rings. The Morgan fingerprint density at radius 2 is 2.00 bits per heavy atom. The van der Waals surface area contributed by atoms with Gasteiger partial charge in [-0.25, -0.2) is 14.7 Å². The average Bonchev–Trinajstić information content (AvgIpc) is 3.07. The number of para-hydroxylation sites is 2. The van der Waals surface area contributed by atoms with Crippen LogP contribution in [0, 0.1) is 0 Å². The molecule has 3 heterocycles. The van der Waals surface area contributed by atoms with Gasteiger partial charge in [-0.05, 0) is 17.5 Å². The van der Waals surface area contributed by atoms with E-state index in [1.54, 1.807) is 17.7 Å². The molecule has 1 atom stereocenters. The number of nitrogens with zero attached hydrogens (tertiary/aromatic N) is 2. The van der Waals surface area contributed by atoms with Crippen molar-refractivity contribution < 1.29 is 14.6 Å². The molecule has 0 saturated carbocycles. The molecule has 2 aliphatic rings. The highest BCUT2D eigenvalue weighted by atomic mass is 32.1. The molecule has 1 aromatic heterocycles. The van der Waals surface area contributed by atoms with Gasteiger partial charge in [-0.15, -0.1) is 0 Å². The Hall–Kier alpha value is -2.47. The number of carbonyl (C=O) groups is 2. The van der Waals surface area contributed by atoms with Gasteiger partial charge in [0.1, 0.15) is 5.69 Å². The smallest absolute Gasteiger partial charge is 0.271 e. The third-order valence-corrected chi connectivity index (χ3v) is 4.14. The van der Waals surface area contributed by atoms with Crippen molar-refractivity contribution >= 4 is 46.6 Å². The molecule has 3 amide bonds. The molecule has 0 radical (unpaired) electrons. The fourth-order valence-electron chi connectivity index (χ4n) is 2.56. The summed E-state index contributed by atoms with van der Waals surface area (Å²) < 4.78 is 0. The molecule has 1 unspecified atom stereocenters. The van der Waals surface area contributed by atoms with Crippen LogP contribution < -0.4 is 14.8 Å². The number of hydrogen-bond donors (Lipinski definition) is 1. The molecule has 2 aliphatic heterocycles. The Bertz CT molecular complexity index is 739. The standard InChI is InChI=1S/C14H9N3O2S/c18-13-12-7-15-10-3-1-2-4-11(10)17(12)14(19)16(13)9-5-6-20-8-9/h1-8,12H/p+1. The van der Waals surface area contributed by atoms with Crippen LogP contribution in [0.3, 0.4) is 0 Å². The number of anilines is 2. The molecule has 0 aliphatic carbocycles. The maximum absolute atomic E-state index is 12.6. The first-order valence-corrected chi connectivity index (χ1v) is 7.10. The predicted molar refractivity (Wildman–Crippen MR) is 76.6 cm³/mol. The third-order valence-electron chi connectivity index (χ3n) is 3.47. The quantitative estimate of drug-likeness (QED) is 0.791. The number of nitrogens with one attached hydrogen (secondary N) is 1. The van der Waals surface area contributed by atoms with Crippen molar-refractivity contribution in [1.82, 2.24) is 0 Å². The van der Waals surface area contributed by atoms with Crippen molar-refractivity contribution in [2.75, 3.05) is 9.80 Å². The molecule has 98 valence electrons. The normalized spacial score (nSPS) is 20.3. The molecule has 4 rings (SSSR count). The Kier molecular flexibility index (Phi) is 2.28. The van der Waals surface area contributed by atoms with Crippen LogP contribution in [0.15, 0.2) is 41.1 Å². The minimum atomic E-state index is -0.586. The van der Waals surface area contributed by atoms with Gasteiger partial charge in [-0.2, -0.15) is 11.3 Å². The van der Waals surface area contributed by atoms with E-state index >= 15 is 0 Å². The van der Waals surface area contributed by atoms with Crippen LogP contribution in [-0.4, -0.2) is 24.2 Å². The predicted octanol–water partition coefficient (Wildman–Crippen LogP) is 0.886. The van der Waals surface area contributed by atoms with Crippen molar-refractivity contribution in [3.63, 3.8) is 0 Å². The molecule has 1 fully saturated rings. The van der Waals surface area contributed by atoms with Crippen LogP contribution in [-0.2, 0) is 4.79 Å². The molecule has 20 heavy (non-hydrogen) atoms. The Balaban J connectivity index is 1.85. The van der Waals surface area contributed by atoms with E-state index < -0.39 is 6.04 Å². The van der Waals surface area contributed by atoms with Gasteiger partial charge in [0.25, 0.3) is 5.91 Å². The van der Waals surface area contributed by atoms with Gasteiger partial charge in [0.05, 0.1) is 5.69 Å². The number of thiophene rings is 1. The second-order valence-corrected chi connectivity index (χ2v) is 5.36. The largest absolute Gasteiger partial charge is 0.337 e. The molecular formula is C14H10N3O2S+. The van der Waals surface area contributed by atoms with E-state index in [9.17, 15) is 9.59 Å². The maximum atomic E-state index is 12.6. The molecule has 0 spiro atoms. The summed E-state index contributed by atoms with van der Waals surface area (Å²) in [6.07, 6.45) is 1.66. The van der Waals surface area contributed by atoms with Gasteiger partial charge in [0, 0.05) is 11.4 Å². The van der Waals surface area contributed by atoms with Crippen molar-refractivity contribution in [3.05, 3.63) is 41.1 Å². The summed E-state index contributed by atoms with van der Waals surface area (Å²) in [5.74, 6) is -0.226. The summed E-state index contributed by atoms with van der Waals surface area (Å²) >= 11 is 1.46. The third kappa shape index (κ3) is 1.39. The summed E-state index contributed by atoms with van der Waals surface area (Å²) in [7, 11) is 0. The van der Waals surface area contributed by atoms with E-state index in [1.807, 2.05) is 29.6 Å². The molecule has 1 aromatic carbocycles. The number of hydrogen-bond acceptors (Lipinski definition) is 3. The summed E-state index contributed by atoms with van der Waals surface area (Å²) in [6.45, 7) is 0. The van der Waals surface area contributed by atoms with E-state index in [4.69, 9.17) is 0 Å². The number of imide groups is 1. The monoisotopic (exact) mass is 284 g/mol. The van der Waals surface area contributed by atoms with E-state index in [2.05, 4.69) is 4.99 Å². The second-order valence-electron chi connectivity index (χ2n) is 4.58. The first-order valence-electron chi connectivity index (χ1n) is 6.15. The lowest BCUT2D eigenvalue weighted by atomic mass is 10.1. The van der Waals surface area contributed by atoms with E-state index in [0.717, 1.165) is 11.4 Å². The highest BCUT2D eigenvalue weighted by Crippen LogP contribution is 2.33. The summed E-state index contributed by atoms with van der Waals surface area (Å²) in [4.78, 5) is 30.9. The van der Waals surface area contributed by atoms with Gasteiger partial charge >= 0.3 is 6.03 Å². The van der Waals surface area contributed by atoms with Gasteiger partial charge in [0.15, 0.2) is 12.3 Å². The first kappa shape index (κ1) is 11.4. The van der Waals surface area contributed by atoms with Crippen LogP contribution in [0.4, 0.5) is 21.9 Å². The minimum absolute atomic E-state index is 0.226. The molecule has 0 bridgehead atoms. The van der Waals surface area contributed by atoms with E-state index in [1.165, 1.54) is 21.1 Å². The lowest BCUT2D eigenvalue weighted by Crippen LogP contribution is -2.69. The average molecular weight is 284 g/mol. The summed E-state index contributed by atoms with van der Waals surface area (Å²) in [6, 6.07) is 8.35. The topological polar surface area (TPSA) is 54.6 Å².